The fourth-order valence-corrected chi connectivity index (χ4v) is 2.24. The van der Waals surface area contributed by atoms with Crippen molar-refractivity contribution in [3.63, 3.8) is 0 Å². The summed E-state index contributed by atoms with van der Waals surface area (Å²) in [5.74, 6) is -0.853. The van der Waals surface area contributed by atoms with Crippen molar-refractivity contribution >= 4 is 23.1 Å². The average Bonchev–Trinajstić information content (AvgIpc) is 2.55. The number of pyridine rings is 1. The molecule has 0 unspecified atom stereocenters. The minimum atomic E-state index is -1.05. The topological polar surface area (TPSA) is 104 Å². The van der Waals surface area contributed by atoms with Crippen molar-refractivity contribution in [2.24, 2.45) is 0 Å². The summed E-state index contributed by atoms with van der Waals surface area (Å²) in [6, 6.07) is 11.2. The standard InChI is InChI=1S/C16H13N3O4.CH4/c20-9-12-14(17-11-5-3-4-10(8-11)16(22)23)18-13-6-1-2-7-19(13)15(12)21;/h1-8,17,20H,9H2,(H,22,23);1H4. The quantitative estimate of drug-likeness (QED) is 0.679. The number of carbonyl (C=O) groups is 1. The van der Waals surface area contributed by atoms with Crippen LogP contribution in [0.3, 0.4) is 0 Å². The van der Waals surface area contributed by atoms with Gasteiger partial charge in [-0.05, 0) is 30.3 Å². The molecule has 3 N–H and O–H groups in total. The van der Waals surface area contributed by atoms with Gasteiger partial charge in [-0.15, -0.1) is 0 Å². The first kappa shape index (κ1) is 17.2. The zero-order chi connectivity index (χ0) is 16.4. The van der Waals surface area contributed by atoms with Crippen LogP contribution >= 0.6 is 0 Å². The molecule has 0 saturated heterocycles. The minimum Gasteiger partial charge on any atom is -0.478 e. The van der Waals surface area contributed by atoms with Gasteiger partial charge in [0, 0.05) is 11.9 Å². The maximum Gasteiger partial charge on any atom is 0.335 e. The Balaban J connectivity index is 0.00000208. The molecule has 0 atom stereocenters. The summed E-state index contributed by atoms with van der Waals surface area (Å²) >= 11 is 0. The summed E-state index contributed by atoms with van der Waals surface area (Å²) in [7, 11) is 0. The smallest absolute Gasteiger partial charge is 0.335 e. The van der Waals surface area contributed by atoms with Crippen molar-refractivity contribution in [1.29, 1.82) is 0 Å². The van der Waals surface area contributed by atoms with Crippen molar-refractivity contribution in [3.8, 4) is 0 Å². The van der Waals surface area contributed by atoms with Gasteiger partial charge in [-0.1, -0.05) is 19.6 Å². The second kappa shape index (κ2) is 6.93. The molecule has 24 heavy (non-hydrogen) atoms. The minimum absolute atomic E-state index is 0. The summed E-state index contributed by atoms with van der Waals surface area (Å²) in [4.78, 5) is 27.7. The van der Waals surface area contributed by atoms with Crippen LogP contribution in [0.4, 0.5) is 11.5 Å². The van der Waals surface area contributed by atoms with E-state index in [4.69, 9.17) is 5.11 Å². The van der Waals surface area contributed by atoms with Crippen LogP contribution in [0.5, 0.6) is 0 Å². The van der Waals surface area contributed by atoms with Crippen LogP contribution in [0, 0.1) is 0 Å². The van der Waals surface area contributed by atoms with Gasteiger partial charge >= 0.3 is 5.97 Å². The number of hydrogen-bond acceptors (Lipinski definition) is 5. The number of anilines is 2. The Morgan fingerprint density at radius 3 is 2.71 bits per heavy atom. The summed E-state index contributed by atoms with van der Waals surface area (Å²) in [6.07, 6.45) is 1.57. The van der Waals surface area contributed by atoms with Crippen molar-refractivity contribution < 1.29 is 15.0 Å². The van der Waals surface area contributed by atoms with Gasteiger partial charge in [0.05, 0.1) is 17.7 Å². The number of benzene rings is 1. The van der Waals surface area contributed by atoms with E-state index in [1.807, 2.05) is 0 Å². The molecule has 0 aliphatic rings. The van der Waals surface area contributed by atoms with Crippen molar-refractivity contribution in [2.45, 2.75) is 14.0 Å². The van der Waals surface area contributed by atoms with Gasteiger partial charge in [-0.3, -0.25) is 9.20 Å². The number of hydrogen-bond donors (Lipinski definition) is 3. The molecule has 1 aromatic carbocycles. The summed E-state index contributed by atoms with van der Waals surface area (Å²) in [5.41, 5.74) is 0.723. The third kappa shape index (κ3) is 3.11. The highest BCUT2D eigenvalue weighted by atomic mass is 16.4. The molecule has 124 valence electrons. The van der Waals surface area contributed by atoms with E-state index >= 15 is 0 Å². The Morgan fingerprint density at radius 1 is 1.21 bits per heavy atom. The largest absolute Gasteiger partial charge is 0.478 e. The molecule has 0 fully saturated rings. The van der Waals surface area contributed by atoms with E-state index in [2.05, 4.69) is 10.3 Å². The lowest BCUT2D eigenvalue weighted by atomic mass is 10.2. The van der Waals surface area contributed by atoms with Crippen LogP contribution in [0.2, 0.25) is 0 Å². The fourth-order valence-electron chi connectivity index (χ4n) is 2.24. The molecular formula is C17H17N3O4. The normalized spacial score (nSPS) is 10.2. The number of nitrogens with zero attached hydrogens (tertiary/aromatic N) is 2. The number of carboxylic acid groups (broad SMARTS) is 1. The van der Waals surface area contributed by atoms with E-state index in [0.29, 0.717) is 11.3 Å². The lowest BCUT2D eigenvalue weighted by Crippen LogP contribution is -2.21. The number of fused-ring (bicyclic) bond motifs is 1. The van der Waals surface area contributed by atoms with Crippen LogP contribution in [0.15, 0.2) is 53.5 Å². The summed E-state index contributed by atoms with van der Waals surface area (Å²) in [5, 5.41) is 21.4. The van der Waals surface area contributed by atoms with Gasteiger partial charge in [0.25, 0.3) is 5.56 Å². The van der Waals surface area contributed by atoms with Gasteiger partial charge in [-0.25, -0.2) is 9.78 Å². The van der Waals surface area contributed by atoms with Gasteiger partial charge in [0.2, 0.25) is 0 Å². The second-order valence-electron chi connectivity index (χ2n) is 4.84. The van der Waals surface area contributed by atoms with Crippen LogP contribution in [0.25, 0.3) is 5.65 Å². The van der Waals surface area contributed by atoms with Gasteiger partial charge in [0.15, 0.2) is 0 Å². The molecule has 3 rings (SSSR count). The first-order valence-corrected chi connectivity index (χ1v) is 6.81. The van der Waals surface area contributed by atoms with E-state index in [1.54, 1.807) is 36.5 Å². The number of nitrogens with one attached hydrogen (secondary N) is 1. The lowest BCUT2D eigenvalue weighted by molar-refractivity contribution is 0.0697. The third-order valence-electron chi connectivity index (χ3n) is 3.36. The molecule has 0 bridgehead atoms. The molecule has 7 nitrogen and oxygen atoms in total. The van der Waals surface area contributed by atoms with E-state index in [9.17, 15) is 14.7 Å². The number of aromatic nitrogens is 2. The van der Waals surface area contributed by atoms with Crippen LogP contribution in [-0.4, -0.2) is 25.6 Å². The molecule has 0 aliphatic heterocycles. The van der Waals surface area contributed by atoms with Crippen molar-refractivity contribution in [3.05, 3.63) is 70.1 Å². The van der Waals surface area contributed by atoms with Gasteiger partial charge < -0.3 is 15.5 Å². The average molecular weight is 327 g/mol. The summed E-state index contributed by atoms with van der Waals surface area (Å²) < 4.78 is 1.34. The molecule has 0 spiro atoms. The maximum atomic E-state index is 12.4. The first-order valence-electron chi connectivity index (χ1n) is 6.81. The van der Waals surface area contributed by atoms with Gasteiger partial charge in [0.1, 0.15) is 11.5 Å². The SMILES string of the molecule is C.O=C(O)c1cccc(Nc2nc3ccccn3c(=O)c2CO)c1. The number of carboxylic acids is 1. The zero-order valence-corrected chi connectivity index (χ0v) is 11.9. The molecule has 0 aliphatic carbocycles. The molecular weight excluding hydrogens is 310 g/mol. The molecule has 0 saturated carbocycles. The highest BCUT2D eigenvalue weighted by molar-refractivity contribution is 5.89. The Labute approximate surface area is 137 Å². The predicted molar refractivity (Wildman–Crippen MR) is 90.8 cm³/mol. The van der Waals surface area contributed by atoms with Gasteiger partial charge in [-0.2, -0.15) is 0 Å². The monoisotopic (exact) mass is 327 g/mol. The molecule has 3 aromatic rings. The molecule has 2 heterocycles. The third-order valence-corrected chi connectivity index (χ3v) is 3.36. The van der Waals surface area contributed by atoms with Crippen LogP contribution in [0.1, 0.15) is 23.3 Å². The van der Waals surface area contributed by atoms with E-state index in [-0.39, 0.29) is 29.9 Å². The molecule has 7 heteroatoms. The van der Waals surface area contributed by atoms with E-state index < -0.39 is 12.6 Å². The number of aromatic carboxylic acids is 1. The van der Waals surface area contributed by atoms with Crippen molar-refractivity contribution in [1.82, 2.24) is 9.38 Å². The van der Waals surface area contributed by atoms with Crippen molar-refractivity contribution in [2.75, 3.05) is 5.32 Å². The number of aliphatic hydroxyl groups excluding tert-OH is 1. The number of aliphatic hydroxyl groups is 1. The van der Waals surface area contributed by atoms with Crippen LogP contribution in [-0.2, 0) is 6.61 Å². The molecule has 0 radical (unpaired) electrons. The summed E-state index contributed by atoms with van der Waals surface area (Å²) in [6.45, 7) is -0.482. The van der Waals surface area contributed by atoms with E-state index in [0.717, 1.165) is 0 Å². The Morgan fingerprint density at radius 2 is 2.00 bits per heavy atom. The highest BCUT2D eigenvalue weighted by Gasteiger charge is 2.12. The Hall–Kier alpha value is -3.19. The first-order chi connectivity index (χ1) is 11.1. The second-order valence-corrected chi connectivity index (χ2v) is 4.84. The maximum absolute atomic E-state index is 12.4. The zero-order valence-electron chi connectivity index (χ0n) is 11.9. The Bertz CT molecular complexity index is 950. The van der Waals surface area contributed by atoms with Crippen LogP contribution < -0.4 is 10.9 Å². The number of rotatable bonds is 4. The molecule has 2 aromatic heterocycles. The highest BCUT2D eigenvalue weighted by Crippen LogP contribution is 2.19. The predicted octanol–water partition coefficient (Wildman–Crippen LogP) is 2.26. The van der Waals surface area contributed by atoms with E-state index in [1.165, 1.54) is 16.5 Å². The molecule has 0 amide bonds. The Kier molecular flexibility index (Phi) is 4.96. The lowest BCUT2D eigenvalue weighted by Gasteiger charge is -2.11. The fraction of sp³-hybridized carbons (Fsp3) is 0.118.